The van der Waals surface area contributed by atoms with Crippen LogP contribution in [0, 0.1) is 0 Å². The molecule has 0 unspecified atom stereocenters. The molecule has 0 bridgehead atoms. The first-order valence-electron chi connectivity index (χ1n) is 6.67. The predicted octanol–water partition coefficient (Wildman–Crippen LogP) is -0.397. The number of anilines is 1. The highest BCUT2D eigenvalue weighted by molar-refractivity contribution is 6.21. The van der Waals surface area contributed by atoms with Crippen molar-refractivity contribution in [2.24, 2.45) is 0 Å². The summed E-state index contributed by atoms with van der Waals surface area (Å²) in [7, 11) is 0. The Bertz CT molecular complexity index is 558. The number of hydrogen-bond acceptors (Lipinski definition) is 3. The normalized spacial score (nSPS) is 22.1. The molecule has 1 aromatic rings. The summed E-state index contributed by atoms with van der Waals surface area (Å²) in [6.07, 6.45) is 0. The van der Waals surface area contributed by atoms with E-state index in [0.717, 1.165) is 6.54 Å². The van der Waals surface area contributed by atoms with Gasteiger partial charge in [-0.05, 0) is 31.2 Å². The number of carbonyl (C=O) groups excluding carboxylic acids is 3. The van der Waals surface area contributed by atoms with E-state index in [0.29, 0.717) is 24.3 Å². The molecule has 0 spiro atoms. The lowest BCUT2D eigenvalue weighted by atomic mass is 10.1. The summed E-state index contributed by atoms with van der Waals surface area (Å²) >= 11 is 0. The second-order valence-corrected chi connectivity index (χ2v) is 5.08. The van der Waals surface area contributed by atoms with Crippen LogP contribution in [0.3, 0.4) is 0 Å². The number of amides is 3. The van der Waals surface area contributed by atoms with Crippen molar-refractivity contribution in [3.63, 3.8) is 0 Å². The Kier molecular flexibility index (Phi) is 3.02. The van der Waals surface area contributed by atoms with Gasteiger partial charge in [-0.3, -0.25) is 9.59 Å². The predicted molar refractivity (Wildman–Crippen MR) is 71.5 cm³/mol. The number of hydrogen-bond donors (Lipinski definition) is 1. The Morgan fingerprint density at radius 2 is 1.95 bits per heavy atom. The number of rotatable bonds is 2. The zero-order chi connectivity index (χ0) is 14.3. The fourth-order valence-corrected chi connectivity index (χ4v) is 2.71. The van der Waals surface area contributed by atoms with Gasteiger partial charge in [0, 0.05) is 5.56 Å². The lowest BCUT2D eigenvalue weighted by Crippen LogP contribution is -2.91. The lowest BCUT2D eigenvalue weighted by molar-refractivity contribution is -0.665. The second-order valence-electron chi connectivity index (χ2n) is 5.08. The molecule has 2 saturated heterocycles. The zero-order valence-corrected chi connectivity index (χ0v) is 11.2. The van der Waals surface area contributed by atoms with E-state index in [1.54, 1.807) is 29.2 Å². The molecule has 0 saturated carbocycles. The number of nitrogens with two attached hydrogens (primary N) is 1. The Hall–Kier alpha value is -2.21. The van der Waals surface area contributed by atoms with Gasteiger partial charge in [-0.1, -0.05) is 0 Å². The van der Waals surface area contributed by atoms with Gasteiger partial charge >= 0.3 is 6.03 Å². The van der Waals surface area contributed by atoms with Crippen LogP contribution in [-0.4, -0.2) is 48.3 Å². The van der Waals surface area contributed by atoms with Crippen LogP contribution in [0.4, 0.5) is 10.5 Å². The first kappa shape index (κ1) is 12.8. The standard InChI is InChI=1S/C14H15N3O3/c1-9(18)10-2-4-11(5-3-10)17-13(19)12-8-15-6-7-16(12)14(17)20/h2-5,12,15H,6-8H2,1H3/p+1/t12-/m0/s1. The molecular formula is C14H16N3O3+. The summed E-state index contributed by atoms with van der Waals surface area (Å²) in [6.45, 7) is 3.52. The number of benzene rings is 1. The van der Waals surface area contributed by atoms with Crippen molar-refractivity contribution in [3.05, 3.63) is 29.8 Å². The molecule has 0 aliphatic carbocycles. The van der Waals surface area contributed by atoms with Crippen LogP contribution in [0.5, 0.6) is 0 Å². The smallest absolute Gasteiger partial charge is 0.332 e. The van der Waals surface area contributed by atoms with E-state index in [-0.39, 0.29) is 23.8 Å². The minimum atomic E-state index is -0.358. The van der Waals surface area contributed by atoms with E-state index in [1.165, 1.54) is 11.8 Å². The topological polar surface area (TPSA) is 74.3 Å². The van der Waals surface area contributed by atoms with Crippen LogP contribution in [0.2, 0.25) is 0 Å². The van der Waals surface area contributed by atoms with Gasteiger partial charge in [-0.15, -0.1) is 0 Å². The van der Waals surface area contributed by atoms with Crippen molar-refractivity contribution in [1.29, 1.82) is 0 Å². The van der Waals surface area contributed by atoms with Gasteiger partial charge in [0.2, 0.25) is 0 Å². The van der Waals surface area contributed by atoms with Crippen molar-refractivity contribution < 1.29 is 19.7 Å². The largest absolute Gasteiger partial charge is 0.343 e. The first-order chi connectivity index (χ1) is 9.59. The van der Waals surface area contributed by atoms with Gasteiger partial charge in [0.05, 0.1) is 18.8 Å². The Morgan fingerprint density at radius 3 is 2.55 bits per heavy atom. The molecule has 1 atom stereocenters. The van der Waals surface area contributed by atoms with E-state index in [1.807, 2.05) is 0 Å². The minimum Gasteiger partial charge on any atom is -0.343 e. The highest BCUT2D eigenvalue weighted by Gasteiger charge is 2.48. The number of carbonyl (C=O) groups is 3. The number of fused-ring (bicyclic) bond motifs is 1. The Labute approximate surface area is 116 Å². The third kappa shape index (κ3) is 1.89. The number of imide groups is 1. The van der Waals surface area contributed by atoms with E-state index >= 15 is 0 Å². The fourth-order valence-electron chi connectivity index (χ4n) is 2.71. The van der Waals surface area contributed by atoms with Crippen LogP contribution < -0.4 is 10.2 Å². The van der Waals surface area contributed by atoms with Gasteiger partial charge in [0.1, 0.15) is 6.54 Å². The molecule has 6 nitrogen and oxygen atoms in total. The molecule has 2 aliphatic rings. The Morgan fingerprint density at radius 1 is 1.25 bits per heavy atom. The average Bonchev–Trinajstić information content (AvgIpc) is 2.72. The fraction of sp³-hybridized carbons (Fsp3) is 0.357. The molecule has 0 radical (unpaired) electrons. The number of Topliss-reactive ketones (excluding diaryl/α,β-unsaturated/α-hetero) is 1. The Balaban J connectivity index is 1.91. The summed E-state index contributed by atoms with van der Waals surface area (Å²) in [5, 5.41) is 2.05. The minimum absolute atomic E-state index is 0.0392. The van der Waals surface area contributed by atoms with Gasteiger partial charge in [-0.2, -0.15) is 0 Å². The molecule has 6 heteroatoms. The number of ketones is 1. The zero-order valence-electron chi connectivity index (χ0n) is 11.2. The second kappa shape index (κ2) is 4.72. The molecule has 2 fully saturated rings. The number of quaternary nitrogens is 1. The molecule has 0 aromatic heterocycles. The molecule has 3 rings (SSSR count). The molecule has 104 valence electrons. The van der Waals surface area contributed by atoms with Crippen LogP contribution in [-0.2, 0) is 4.79 Å². The number of piperazine rings is 1. The van der Waals surface area contributed by atoms with Crippen LogP contribution in [0.1, 0.15) is 17.3 Å². The highest BCUT2D eigenvalue weighted by Crippen LogP contribution is 2.25. The first-order valence-corrected chi connectivity index (χ1v) is 6.67. The van der Waals surface area contributed by atoms with E-state index in [4.69, 9.17) is 0 Å². The molecule has 1 aromatic carbocycles. The quantitative estimate of drug-likeness (QED) is 0.589. The maximum atomic E-state index is 12.3. The summed E-state index contributed by atoms with van der Waals surface area (Å²) in [6, 6.07) is 5.96. The van der Waals surface area contributed by atoms with Crippen LogP contribution >= 0.6 is 0 Å². The molecule has 3 amide bonds. The van der Waals surface area contributed by atoms with Crippen molar-refractivity contribution in [1.82, 2.24) is 4.90 Å². The third-order valence-electron chi connectivity index (χ3n) is 3.81. The van der Waals surface area contributed by atoms with Crippen molar-refractivity contribution in [3.8, 4) is 0 Å². The number of urea groups is 1. The summed E-state index contributed by atoms with van der Waals surface area (Å²) in [4.78, 5) is 38.8. The van der Waals surface area contributed by atoms with Gasteiger partial charge in [0.25, 0.3) is 5.91 Å². The van der Waals surface area contributed by atoms with Gasteiger partial charge in [0.15, 0.2) is 11.8 Å². The average molecular weight is 274 g/mol. The maximum absolute atomic E-state index is 12.3. The van der Waals surface area contributed by atoms with Crippen molar-refractivity contribution in [2.45, 2.75) is 13.0 Å². The molecule has 20 heavy (non-hydrogen) atoms. The molecule has 2 N–H and O–H groups in total. The third-order valence-corrected chi connectivity index (χ3v) is 3.81. The van der Waals surface area contributed by atoms with Crippen LogP contribution in [0.15, 0.2) is 24.3 Å². The lowest BCUT2D eigenvalue weighted by Gasteiger charge is -2.24. The van der Waals surface area contributed by atoms with Gasteiger partial charge < -0.3 is 10.2 Å². The molecule has 2 heterocycles. The van der Waals surface area contributed by atoms with Crippen molar-refractivity contribution in [2.75, 3.05) is 24.5 Å². The molecular weight excluding hydrogens is 258 g/mol. The molecule has 2 aliphatic heterocycles. The van der Waals surface area contributed by atoms with Crippen molar-refractivity contribution >= 4 is 23.4 Å². The summed E-state index contributed by atoms with van der Waals surface area (Å²) in [5.74, 6) is -0.218. The van der Waals surface area contributed by atoms with Crippen LogP contribution in [0.25, 0.3) is 0 Å². The maximum Gasteiger partial charge on any atom is 0.332 e. The summed E-state index contributed by atoms with van der Waals surface area (Å²) < 4.78 is 0. The number of nitrogens with zero attached hydrogens (tertiary/aromatic N) is 2. The SMILES string of the molecule is CC(=O)c1ccc(N2C(=O)[C@@H]3C[NH2+]CCN3C2=O)cc1. The summed E-state index contributed by atoms with van der Waals surface area (Å²) in [5.41, 5.74) is 1.10. The van der Waals surface area contributed by atoms with Gasteiger partial charge in [-0.25, -0.2) is 9.69 Å². The van der Waals surface area contributed by atoms with E-state index in [2.05, 4.69) is 5.32 Å². The van der Waals surface area contributed by atoms with E-state index in [9.17, 15) is 14.4 Å². The monoisotopic (exact) mass is 274 g/mol. The highest BCUT2D eigenvalue weighted by atomic mass is 16.2. The van der Waals surface area contributed by atoms with E-state index < -0.39 is 0 Å².